The van der Waals surface area contributed by atoms with E-state index in [1.807, 2.05) is 6.92 Å². The van der Waals surface area contributed by atoms with Gasteiger partial charge < -0.3 is 5.11 Å². The van der Waals surface area contributed by atoms with Crippen LogP contribution in [0.4, 0.5) is 5.69 Å². The summed E-state index contributed by atoms with van der Waals surface area (Å²) in [5, 5.41) is 24.8. The highest BCUT2D eigenvalue weighted by molar-refractivity contribution is 6.42. The normalized spacial score (nSPS) is 18.0. The largest absolute Gasteiger partial charge is 0.476 e. The van der Waals surface area contributed by atoms with Gasteiger partial charge in [-0.15, -0.1) is 0 Å². The van der Waals surface area contributed by atoms with Gasteiger partial charge >= 0.3 is 5.97 Å². The Morgan fingerprint density at radius 2 is 2.18 bits per heavy atom. The molecule has 0 aliphatic carbocycles. The molecule has 0 aromatic heterocycles. The van der Waals surface area contributed by atoms with Crippen LogP contribution in [0.15, 0.2) is 34.5 Å². The number of carbonyl (C=O) groups is 2. The van der Waals surface area contributed by atoms with Crippen molar-refractivity contribution < 1.29 is 14.7 Å². The second-order valence-corrected chi connectivity index (χ2v) is 4.70. The Morgan fingerprint density at radius 3 is 2.73 bits per heavy atom. The molecule has 0 saturated heterocycles. The lowest BCUT2D eigenvalue weighted by atomic mass is 9.94. The van der Waals surface area contributed by atoms with E-state index in [4.69, 9.17) is 10.4 Å². The van der Waals surface area contributed by atoms with Crippen molar-refractivity contribution in [1.82, 2.24) is 5.43 Å². The maximum absolute atomic E-state index is 11.2. The predicted octanol–water partition coefficient (Wildman–Crippen LogP) is 0.923. The number of amides is 1. The molecule has 1 aliphatic rings. The van der Waals surface area contributed by atoms with Gasteiger partial charge in [-0.05, 0) is 17.7 Å². The van der Waals surface area contributed by atoms with Gasteiger partial charge in [-0.2, -0.15) is 15.5 Å². The number of hydrogen-bond donors (Lipinski definition) is 3. The van der Waals surface area contributed by atoms with E-state index in [1.165, 1.54) is 6.07 Å². The topological polar surface area (TPSA) is 127 Å². The number of nitrogens with one attached hydrogen (secondary N) is 2. The third-order valence-corrected chi connectivity index (χ3v) is 3.05. The molecule has 0 fully saturated rings. The highest BCUT2D eigenvalue weighted by Gasteiger charge is 2.21. The summed E-state index contributed by atoms with van der Waals surface area (Å²) in [6, 6.07) is 8.39. The van der Waals surface area contributed by atoms with E-state index in [0.29, 0.717) is 12.1 Å². The molecule has 0 unspecified atom stereocenters. The number of hydrogen-bond acceptors (Lipinski definition) is 6. The lowest BCUT2D eigenvalue weighted by molar-refractivity contribution is -0.129. The number of anilines is 1. The van der Waals surface area contributed by atoms with Gasteiger partial charge in [0, 0.05) is 12.3 Å². The quantitative estimate of drug-likeness (QED) is 0.563. The molecular formula is C14H13N5O3. The van der Waals surface area contributed by atoms with Gasteiger partial charge in [-0.3, -0.25) is 10.2 Å². The SMILES string of the molecule is C[C@@H]1CC(=O)NN=C1c1ccc(NN=C(C#N)C(=O)O)cc1. The average Bonchev–Trinajstić information content (AvgIpc) is 2.48. The molecule has 0 saturated carbocycles. The van der Waals surface area contributed by atoms with Crippen molar-refractivity contribution in [3.05, 3.63) is 29.8 Å². The molecular weight excluding hydrogens is 286 g/mol. The number of benzene rings is 1. The van der Waals surface area contributed by atoms with E-state index in [0.717, 1.165) is 11.3 Å². The van der Waals surface area contributed by atoms with Gasteiger partial charge in [0.05, 0.1) is 11.4 Å². The molecule has 1 atom stereocenters. The number of rotatable bonds is 4. The number of aliphatic carboxylic acids is 1. The lowest BCUT2D eigenvalue weighted by Gasteiger charge is -2.19. The fourth-order valence-electron chi connectivity index (χ4n) is 1.96. The second-order valence-electron chi connectivity index (χ2n) is 4.70. The Balaban J connectivity index is 2.13. The number of carboxylic acid groups (broad SMARTS) is 1. The summed E-state index contributed by atoms with van der Waals surface area (Å²) < 4.78 is 0. The van der Waals surface area contributed by atoms with Crippen molar-refractivity contribution in [3.8, 4) is 6.07 Å². The maximum Gasteiger partial charge on any atom is 0.367 e. The molecule has 22 heavy (non-hydrogen) atoms. The summed E-state index contributed by atoms with van der Waals surface area (Å²) in [6.07, 6.45) is 0.382. The third-order valence-electron chi connectivity index (χ3n) is 3.05. The molecule has 2 rings (SSSR count). The smallest absolute Gasteiger partial charge is 0.367 e. The van der Waals surface area contributed by atoms with E-state index in [-0.39, 0.29) is 11.8 Å². The summed E-state index contributed by atoms with van der Waals surface area (Å²) in [7, 11) is 0. The molecule has 1 aliphatic heterocycles. The molecule has 8 nitrogen and oxygen atoms in total. The van der Waals surface area contributed by atoms with E-state index in [2.05, 4.69) is 21.1 Å². The monoisotopic (exact) mass is 299 g/mol. The molecule has 112 valence electrons. The molecule has 0 radical (unpaired) electrons. The summed E-state index contributed by atoms with van der Waals surface area (Å²) in [5.74, 6) is -1.49. The minimum atomic E-state index is -1.40. The first-order valence-corrected chi connectivity index (χ1v) is 6.45. The van der Waals surface area contributed by atoms with Gasteiger partial charge in [-0.1, -0.05) is 19.1 Å². The van der Waals surface area contributed by atoms with Crippen LogP contribution >= 0.6 is 0 Å². The van der Waals surface area contributed by atoms with Crippen molar-refractivity contribution in [1.29, 1.82) is 5.26 Å². The summed E-state index contributed by atoms with van der Waals surface area (Å²) >= 11 is 0. The van der Waals surface area contributed by atoms with Crippen LogP contribution < -0.4 is 10.9 Å². The third kappa shape index (κ3) is 3.46. The van der Waals surface area contributed by atoms with E-state index < -0.39 is 11.7 Å². The standard InChI is InChI=1S/C14H13N5O3/c1-8-6-12(20)18-19-13(8)9-2-4-10(5-3-9)16-17-11(7-15)14(21)22/h2-5,8,16H,6H2,1H3,(H,18,20)(H,21,22)/t8-/m1/s1. The first kappa shape index (κ1) is 15.2. The number of carboxylic acids is 1. The van der Waals surface area contributed by atoms with Gasteiger partial charge in [0.25, 0.3) is 0 Å². The number of nitriles is 1. The van der Waals surface area contributed by atoms with E-state index in [1.54, 1.807) is 24.3 Å². The van der Waals surface area contributed by atoms with Crippen molar-refractivity contribution in [2.75, 3.05) is 5.43 Å². The van der Waals surface area contributed by atoms with Crippen LogP contribution in [0.3, 0.4) is 0 Å². The molecule has 0 bridgehead atoms. The number of hydrazone groups is 2. The molecule has 1 aromatic rings. The zero-order valence-corrected chi connectivity index (χ0v) is 11.7. The predicted molar refractivity (Wildman–Crippen MR) is 79.2 cm³/mol. The Bertz CT molecular complexity index is 700. The van der Waals surface area contributed by atoms with Crippen LogP contribution in [0.2, 0.25) is 0 Å². The molecule has 1 heterocycles. The minimum Gasteiger partial charge on any atom is -0.476 e. The summed E-state index contributed by atoms with van der Waals surface area (Å²) in [4.78, 5) is 21.9. The molecule has 1 aromatic carbocycles. The van der Waals surface area contributed by atoms with Crippen LogP contribution in [-0.2, 0) is 9.59 Å². The summed E-state index contributed by atoms with van der Waals surface area (Å²) in [5.41, 5.74) is 6.48. The Kier molecular flexibility index (Phi) is 4.48. The minimum absolute atomic E-state index is 0.0165. The lowest BCUT2D eigenvalue weighted by Crippen LogP contribution is -2.31. The van der Waals surface area contributed by atoms with Gasteiger partial charge in [0.1, 0.15) is 6.07 Å². The summed E-state index contributed by atoms with van der Waals surface area (Å²) in [6.45, 7) is 1.92. The van der Waals surface area contributed by atoms with Crippen LogP contribution in [0, 0.1) is 17.2 Å². The molecule has 1 amide bonds. The Morgan fingerprint density at radius 1 is 1.50 bits per heavy atom. The van der Waals surface area contributed by atoms with Crippen LogP contribution in [0.1, 0.15) is 18.9 Å². The van der Waals surface area contributed by atoms with Gasteiger partial charge in [-0.25, -0.2) is 10.2 Å². The fraction of sp³-hybridized carbons (Fsp3) is 0.214. The Hall–Kier alpha value is -3.21. The van der Waals surface area contributed by atoms with Gasteiger partial charge in [0.15, 0.2) is 0 Å². The van der Waals surface area contributed by atoms with Crippen LogP contribution in [0.25, 0.3) is 0 Å². The first-order valence-electron chi connectivity index (χ1n) is 6.45. The van der Waals surface area contributed by atoms with Crippen LogP contribution in [-0.4, -0.2) is 28.4 Å². The number of nitrogens with zero attached hydrogens (tertiary/aromatic N) is 3. The van der Waals surface area contributed by atoms with Crippen molar-refractivity contribution in [2.45, 2.75) is 13.3 Å². The zero-order valence-electron chi connectivity index (χ0n) is 11.7. The van der Waals surface area contributed by atoms with E-state index in [9.17, 15) is 9.59 Å². The number of carbonyl (C=O) groups excluding carboxylic acids is 1. The average molecular weight is 299 g/mol. The molecule has 8 heteroatoms. The highest BCUT2D eigenvalue weighted by atomic mass is 16.4. The molecule has 3 N–H and O–H groups in total. The van der Waals surface area contributed by atoms with Crippen LogP contribution in [0.5, 0.6) is 0 Å². The van der Waals surface area contributed by atoms with Crippen molar-refractivity contribution in [2.24, 2.45) is 16.1 Å². The van der Waals surface area contributed by atoms with Crippen molar-refractivity contribution >= 4 is 29.0 Å². The highest BCUT2D eigenvalue weighted by Crippen LogP contribution is 2.18. The zero-order chi connectivity index (χ0) is 16.1. The molecule has 0 spiro atoms. The van der Waals surface area contributed by atoms with E-state index >= 15 is 0 Å². The fourth-order valence-corrected chi connectivity index (χ4v) is 1.96. The van der Waals surface area contributed by atoms with Crippen molar-refractivity contribution in [3.63, 3.8) is 0 Å². The first-order chi connectivity index (χ1) is 10.5. The second kappa shape index (κ2) is 6.49. The van der Waals surface area contributed by atoms with Gasteiger partial charge in [0.2, 0.25) is 11.6 Å². The Labute approximate surface area is 126 Å². The maximum atomic E-state index is 11.2.